The minimum absolute atomic E-state index is 0.286. The molecule has 0 fully saturated rings. The Kier molecular flexibility index (Phi) is 2.56. The van der Waals surface area contributed by atoms with Gasteiger partial charge in [0, 0.05) is 10.9 Å². The third kappa shape index (κ3) is 1.87. The summed E-state index contributed by atoms with van der Waals surface area (Å²) in [4.78, 5) is 12.8. The van der Waals surface area contributed by atoms with Gasteiger partial charge in [0.05, 0.1) is 5.39 Å². The average molecular weight is 251 g/mol. The SMILES string of the molecule is Cc1ccc(-c2nn(N)c(=O)c3ccccc23)cc1. The highest BCUT2D eigenvalue weighted by molar-refractivity contribution is 5.93. The molecule has 94 valence electrons. The van der Waals surface area contributed by atoms with Crippen molar-refractivity contribution in [3.63, 3.8) is 0 Å². The molecule has 4 nitrogen and oxygen atoms in total. The standard InChI is InChI=1S/C15H13N3O/c1-10-6-8-11(9-7-10)14-12-4-2-3-5-13(12)15(19)18(16)17-14/h2-9H,16H2,1H3. The Morgan fingerprint density at radius 1 is 1.00 bits per heavy atom. The van der Waals surface area contributed by atoms with Crippen molar-refractivity contribution in [1.29, 1.82) is 0 Å². The predicted molar refractivity (Wildman–Crippen MR) is 76.3 cm³/mol. The zero-order valence-corrected chi connectivity index (χ0v) is 10.5. The second-order valence-corrected chi connectivity index (χ2v) is 4.51. The van der Waals surface area contributed by atoms with Crippen LogP contribution in [0, 0.1) is 6.92 Å². The quantitative estimate of drug-likeness (QED) is 0.674. The van der Waals surface area contributed by atoms with E-state index in [9.17, 15) is 4.79 Å². The van der Waals surface area contributed by atoms with Crippen molar-refractivity contribution in [2.45, 2.75) is 6.92 Å². The summed E-state index contributed by atoms with van der Waals surface area (Å²) in [6.45, 7) is 2.03. The fourth-order valence-corrected chi connectivity index (χ4v) is 2.13. The Balaban J connectivity index is 2.38. The number of rotatable bonds is 1. The first-order valence-corrected chi connectivity index (χ1v) is 6.01. The van der Waals surface area contributed by atoms with Crippen molar-refractivity contribution in [3.05, 3.63) is 64.4 Å². The van der Waals surface area contributed by atoms with Crippen molar-refractivity contribution in [3.8, 4) is 11.3 Å². The van der Waals surface area contributed by atoms with Crippen LogP contribution in [0.3, 0.4) is 0 Å². The number of nitrogens with two attached hydrogens (primary N) is 1. The normalized spacial score (nSPS) is 10.8. The first-order valence-electron chi connectivity index (χ1n) is 6.01. The Morgan fingerprint density at radius 2 is 1.63 bits per heavy atom. The second-order valence-electron chi connectivity index (χ2n) is 4.51. The van der Waals surface area contributed by atoms with Crippen LogP contribution in [-0.4, -0.2) is 9.89 Å². The van der Waals surface area contributed by atoms with Gasteiger partial charge in [-0.05, 0) is 13.0 Å². The van der Waals surface area contributed by atoms with Crippen molar-refractivity contribution < 1.29 is 0 Å². The Labute approximate surface area is 110 Å². The monoisotopic (exact) mass is 251 g/mol. The van der Waals surface area contributed by atoms with Gasteiger partial charge in [-0.25, -0.2) is 0 Å². The molecule has 0 aliphatic carbocycles. The molecule has 0 aliphatic heterocycles. The van der Waals surface area contributed by atoms with Crippen LogP contribution in [0.2, 0.25) is 0 Å². The summed E-state index contributed by atoms with van der Waals surface area (Å²) in [6, 6.07) is 15.3. The smallest absolute Gasteiger partial charge is 0.293 e. The molecule has 3 aromatic rings. The van der Waals surface area contributed by atoms with E-state index in [1.165, 1.54) is 5.56 Å². The fraction of sp³-hybridized carbons (Fsp3) is 0.0667. The molecule has 4 heteroatoms. The van der Waals surface area contributed by atoms with Gasteiger partial charge in [-0.15, -0.1) is 9.89 Å². The highest BCUT2D eigenvalue weighted by Gasteiger charge is 2.10. The van der Waals surface area contributed by atoms with Crippen molar-refractivity contribution in [2.24, 2.45) is 0 Å². The van der Waals surface area contributed by atoms with Crippen LogP contribution in [0.1, 0.15) is 5.56 Å². The van der Waals surface area contributed by atoms with Crippen LogP contribution >= 0.6 is 0 Å². The van der Waals surface area contributed by atoms with E-state index in [1.54, 1.807) is 6.07 Å². The lowest BCUT2D eigenvalue weighted by Gasteiger charge is -2.08. The van der Waals surface area contributed by atoms with E-state index in [0.29, 0.717) is 5.39 Å². The van der Waals surface area contributed by atoms with Crippen molar-refractivity contribution >= 4 is 10.8 Å². The summed E-state index contributed by atoms with van der Waals surface area (Å²) >= 11 is 0. The zero-order chi connectivity index (χ0) is 13.4. The average Bonchev–Trinajstić information content (AvgIpc) is 2.44. The van der Waals surface area contributed by atoms with E-state index in [1.807, 2.05) is 49.4 Å². The lowest BCUT2D eigenvalue weighted by atomic mass is 10.0. The number of hydrogen-bond donors (Lipinski definition) is 1. The zero-order valence-electron chi connectivity index (χ0n) is 10.5. The summed E-state index contributed by atoms with van der Waals surface area (Å²) in [6.07, 6.45) is 0. The molecule has 19 heavy (non-hydrogen) atoms. The number of aryl methyl sites for hydroxylation is 1. The van der Waals surface area contributed by atoms with Crippen LogP contribution in [0.5, 0.6) is 0 Å². The number of benzene rings is 2. The molecule has 0 saturated heterocycles. The van der Waals surface area contributed by atoms with Gasteiger partial charge in [0.2, 0.25) is 0 Å². The third-order valence-electron chi connectivity index (χ3n) is 3.15. The van der Waals surface area contributed by atoms with Crippen LogP contribution in [-0.2, 0) is 0 Å². The maximum absolute atomic E-state index is 11.9. The van der Waals surface area contributed by atoms with E-state index in [0.717, 1.165) is 21.4 Å². The fourth-order valence-electron chi connectivity index (χ4n) is 2.13. The molecule has 0 unspecified atom stereocenters. The number of hydrogen-bond acceptors (Lipinski definition) is 3. The Hall–Kier alpha value is -2.62. The van der Waals surface area contributed by atoms with E-state index in [-0.39, 0.29) is 5.56 Å². The number of nitrogen functional groups attached to an aromatic ring is 1. The Bertz CT molecular complexity index is 804. The molecule has 2 N–H and O–H groups in total. The first-order chi connectivity index (χ1) is 9.16. The van der Waals surface area contributed by atoms with Crippen LogP contribution in [0.4, 0.5) is 0 Å². The summed E-state index contributed by atoms with van der Waals surface area (Å²) in [5.74, 6) is 5.65. The number of aromatic nitrogens is 2. The molecule has 0 radical (unpaired) electrons. The second kappa shape index (κ2) is 4.24. The van der Waals surface area contributed by atoms with Gasteiger partial charge in [0.15, 0.2) is 0 Å². The summed E-state index contributed by atoms with van der Waals surface area (Å²) in [7, 11) is 0. The molecule has 0 atom stereocenters. The van der Waals surface area contributed by atoms with Crippen molar-refractivity contribution in [1.82, 2.24) is 9.89 Å². The largest absolute Gasteiger partial charge is 0.320 e. The molecule has 0 bridgehead atoms. The van der Waals surface area contributed by atoms with Gasteiger partial charge in [0.25, 0.3) is 5.56 Å². The lowest BCUT2D eigenvalue weighted by molar-refractivity contribution is 0.781. The highest BCUT2D eigenvalue weighted by Crippen LogP contribution is 2.24. The van der Waals surface area contributed by atoms with Crippen LogP contribution in [0.15, 0.2) is 53.3 Å². The van der Waals surface area contributed by atoms with Gasteiger partial charge in [0.1, 0.15) is 5.69 Å². The Morgan fingerprint density at radius 3 is 2.32 bits per heavy atom. The molecule has 0 aliphatic rings. The number of fused-ring (bicyclic) bond motifs is 1. The predicted octanol–water partition coefficient (Wildman–Crippen LogP) is 2.09. The van der Waals surface area contributed by atoms with Gasteiger partial charge in [-0.2, -0.15) is 0 Å². The van der Waals surface area contributed by atoms with Crippen LogP contribution in [0.25, 0.3) is 22.0 Å². The molecule has 3 rings (SSSR count). The number of nitrogens with zero attached hydrogens (tertiary/aromatic N) is 2. The van der Waals surface area contributed by atoms with Crippen molar-refractivity contribution in [2.75, 3.05) is 5.84 Å². The molecule has 0 saturated carbocycles. The van der Waals surface area contributed by atoms with Gasteiger partial charge in [-0.3, -0.25) is 4.79 Å². The minimum Gasteiger partial charge on any atom is -0.320 e. The highest BCUT2D eigenvalue weighted by atomic mass is 16.1. The maximum atomic E-state index is 11.9. The van der Waals surface area contributed by atoms with Gasteiger partial charge < -0.3 is 5.84 Å². The first kappa shape index (κ1) is 11.5. The van der Waals surface area contributed by atoms with E-state index >= 15 is 0 Å². The molecular weight excluding hydrogens is 238 g/mol. The summed E-state index contributed by atoms with van der Waals surface area (Å²) in [5, 5.41) is 5.58. The molecule has 0 spiro atoms. The third-order valence-corrected chi connectivity index (χ3v) is 3.15. The summed E-state index contributed by atoms with van der Waals surface area (Å²) in [5.41, 5.74) is 2.55. The van der Waals surface area contributed by atoms with E-state index < -0.39 is 0 Å². The van der Waals surface area contributed by atoms with Gasteiger partial charge >= 0.3 is 0 Å². The molecular formula is C15H13N3O. The molecule has 0 amide bonds. The van der Waals surface area contributed by atoms with E-state index in [2.05, 4.69) is 5.10 Å². The molecule has 2 aromatic carbocycles. The van der Waals surface area contributed by atoms with Crippen LogP contribution < -0.4 is 11.4 Å². The lowest BCUT2D eigenvalue weighted by Crippen LogP contribution is -2.30. The van der Waals surface area contributed by atoms with E-state index in [4.69, 9.17) is 5.84 Å². The molecule has 1 heterocycles. The van der Waals surface area contributed by atoms with Gasteiger partial charge in [-0.1, -0.05) is 48.0 Å². The summed E-state index contributed by atoms with van der Waals surface area (Å²) < 4.78 is 0. The topological polar surface area (TPSA) is 60.9 Å². The maximum Gasteiger partial charge on any atom is 0.293 e. The minimum atomic E-state index is -0.286. The molecule has 1 aromatic heterocycles.